The average Bonchev–Trinajstić information content (AvgIpc) is 2.93. The van der Waals surface area contributed by atoms with Crippen molar-refractivity contribution >= 4 is 5.91 Å². The fraction of sp³-hybridized carbons (Fsp3) is 0.500. The van der Waals surface area contributed by atoms with E-state index in [9.17, 15) is 4.79 Å². The van der Waals surface area contributed by atoms with Crippen molar-refractivity contribution in [3.63, 3.8) is 0 Å². The van der Waals surface area contributed by atoms with E-state index in [0.29, 0.717) is 31.9 Å². The topological polar surface area (TPSA) is 59.6 Å². The molecule has 0 bridgehead atoms. The highest BCUT2D eigenvalue weighted by Gasteiger charge is 2.17. The van der Waals surface area contributed by atoms with Gasteiger partial charge in [0.2, 0.25) is 0 Å². The van der Waals surface area contributed by atoms with Gasteiger partial charge in [-0.3, -0.25) is 4.79 Å². The predicted octanol–water partition coefficient (Wildman–Crippen LogP) is 0.435. The van der Waals surface area contributed by atoms with Crippen molar-refractivity contribution in [3.8, 4) is 0 Å². The Kier molecular flexibility index (Phi) is 3.77. The third-order valence-corrected chi connectivity index (χ3v) is 3.48. The van der Waals surface area contributed by atoms with Crippen molar-refractivity contribution in [2.45, 2.75) is 19.3 Å². The lowest BCUT2D eigenvalue weighted by atomic mass is 10.1. The summed E-state index contributed by atoms with van der Waals surface area (Å²) in [6, 6.07) is 5.73. The van der Waals surface area contributed by atoms with Crippen LogP contribution in [0, 0.1) is 0 Å². The molecule has 0 saturated carbocycles. The Hall–Kier alpha value is -1.43. The Morgan fingerprint density at radius 2 is 2.26 bits per heavy atom. The van der Waals surface area contributed by atoms with Gasteiger partial charge in [0.25, 0.3) is 5.91 Å². The maximum Gasteiger partial charge on any atom is 0.251 e. The number of ether oxygens (including phenoxy) is 2. The molecule has 2 heterocycles. The number of nitrogens with one attached hydrogen (secondary N) is 2. The van der Waals surface area contributed by atoms with E-state index in [0.717, 1.165) is 18.7 Å². The molecule has 0 spiro atoms. The zero-order valence-corrected chi connectivity index (χ0v) is 10.8. The molecule has 1 unspecified atom stereocenters. The highest BCUT2D eigenvalue weighted by atomic mass is 16.5. The summed E-state index contributed by atoms with van der Waals surface area (Å²) in [6.07, 6.45) is 0.0652. The van der Waals surface area contributed by atoms with Crippen molar-refractivity contribution in [2.24, 2.45) is 0 Å². The molecule has 2 N–H and O–H groups in total. The van der Waals surface area contributed by atoms with Gasteiger partial charge in [0, 0.05) is 25.2 Å². The Balaban J connectivity index is 1.57. The first-order valence-electron chi connectivity index (χ1n) is 6.63. The zero-order valence-electron chi connectivity index (χ0n) is 10.8. The number of hydrogen-bond donors (Lipinski definition) is 2. The lowest BCUT2D eigenvalue weighted by molar-refractivity contribution is 0.0287. The fourth-order valence-corrected chi connectivity index (χ4v) is 2.37. The summed E-state index contributed by atoms with van der Waals surface area (Å²) >= 11 is 0. The van der Waals surface area contributed by atoms with Crippen LogP contribution in [0.15, 0.2) is 18.2 Å². The van der Waals surface area contributed by atoms with Crippen molar-refractivity contribution in [1.82, 2.24) is 10.6 Å². The number of rotatable bonds is 3. The van der Waals surface area contributed by atoms with Crippen LogP contribution in [0.4, 0.5) is 0 Å². The van der Waals surface area contributed by atoms with Crippen molar-refractivity contribution < 1.29 is 14.3 Å². The molecule has 5 heteroatoms. The first kappa shape index (κ1) is 12.6. The molecular formula is C14H18N2O3. The van der Waals surface area contributed by atoms with Gasteiger partial charge in [-0.05, 0) is 23.3 Å². The summed E-state index contributed by atoms with van der Waals surface area (Å²) in [5, 5.41) is 6.15. The largest absolute Gasteiger partial charge is 0.374 e. The minimum Gasteiger partial charge on any atom is -0.374 e. The Morgan fingerprint density at radius 3 is 3.11 bits per heavy atom. The van der Waals surface area contributed by atoms with E-state index in [2.05, 4.69) is 10.6 Å². The summed E-state index contributed by atoms with van der Waals surface area (Å²) in [7, 11) is 0. The van der Waals surface area contributed by atoms with Crippen LogP contribution in [0.5, 0.6) is 0 Å². The smallest absolute Gasteiger partial charge is 0.251 e. The number of morpholine rings is 1. The Morgan fingerprint density at radius 1 is 1.37 bits per heavy atom. The quantitative estimate of drug-likeness (QED) is 0.829. The SMILES string of the molecule is O=C(NCC1CNCCO1)c1ccc2c(c1)COC2. The van der Waals surface area contributed by atoms with Crippen LogP contribution in [-0.2, 0) is 22.7 Å². The van der Waals surface area contributed by atoms with Crippen molar-refractivity contribution in [2.75, 3.05) is 26.2 Å². The lowest BCUT2D eigenvalue weighted by Gasteiger charge is -2.23. The molecule has 1 saturated heterocycles. The minimum absolute atomic E-state index is 0.0520. The standard InChI is InChI=1S/C14H18N2O3/c17-14(16-7-13-6-15-3-4-19-13)10-1-2-11-8-18-9-12(11)5-10/h1-2,5,13,15H,3-4,6-9H2,(H,16,17). The average molecular weight is 262 g/mol. The summed E-state index contributed by atoms with van der Waals surface area (Å²) < 4.78 is 10.9. The molecule has 1 fully saturated rings. The third-order valence-electron chi connectivity index (χ3n) is 3.48. The van der Waals surface area contributed by atoms with Gasteiger partial charge in [0.1, 0.15) is 0 Å². The molecule has 0 radical (unpaired) electrons. The number of hydrogen-bond acceptors (Lipinski definition) is 4. The molecule has 0 aromatic heterocycles. The summed E-state index contributed by atoms with van der Waals surface area (Å²) in [6.45, 7) is 4.18. The maximum atomic E-state index is 12.1. The van der Waals surface area contributed by atoms with Gasteiger partial charge in [-0.25, -0.2) is 0 Å². The van der Waals surface area contributed by atoms with Crippen LogP contribution < -0.4 is 10.6 Å². The molecule has 3 rings (SSSR count). The first-order valence-corrected chi connectivity index (χ1v) is 6.63. The highest BCUT2D eigenvalue weighted by Crippen LogP contribution is 2.20. The summed E-state index contributed by atoms with van der Waals surface area (Å²) in [4.78, 5) is 12.1. The van der Waals surface area contributed by atoms with E-state index in [1.54, 1.807) is 0 Å². The van der Waals surface area contributed by atoms with Gasteiger partial charge in [0.05, 0.1) is 25.9 Å². The second-order valence-corrected chi connectivity index (χ2v) is 4.88. The normalized spacial score (nSPS) is 22.0. The van der Waals surface area contributed by atoms with Crippen molar-refractivity contribution in [3.05, 3.63) is 34.9 Å². The fourth-order valence-electron chi connectivity index (χ4n) is 2.37. The molecule has 1 aromatic carbocycles. The molecule has 102 valence electrons. The number of benzene rings is 1. The molecule has 0 aliphatic carbocycles. The van der Waals surface area contributed by atoms with Gasteiger partial charge in [-0.1, -0.05) is 6.07 Å². The summed E-state index contributed by atoms with van der Waals surface area (Å²) in [5.41, 5.74) is 2.98. The van der Waals surface area contributed by atoms with E-state index < -0.39 is 0 Å². The van der Waals surface area contributed by atoms with Crippen LogP contribution in [-0.4, -0.2) is 38.3 Å². The van der Waals surface area contributed by atoms with Gasteiger partial charge in [0.15, 0.2) is 0 Å². The molecule has 2 aliphatic rings. The maximum absolute atomic E-state index is 12.1. The lowest BCUT2D eigenvalue weighted by Crippen LogP contribution is -2.45. The third kappa shape index (κ3) is 2.94. The van der Waals surface area contributed by atoms with Crippen LogP contribution in [0.1, 0.15) is 21.5 Å². The molecule has 1 aromatic rings. The molecule has 19 heavy (non-hydrogen) atoms. The molecule has 5 nitrogen and oxygen atoms in total. The van der Waals surface area contributed by atoms with Crippen molar-refractivity contribution in [1.29, 1.82) is 0 Å². The minimum atomic E-state index is -0.0520. The highest BCUT2D eigenvalue weighted by molar-refractivity contribution is 5.94. The van der Waals surface area contributed by atoms with E-state index >= 15 is 0 Å². The number of carbonyl (C=O) groups excluding carboxylic acids is 1. The zero-order chi connectivity index (χ0) is 13.1. The van der Waals surface area contributed by atoms with Crippen LogP contribution in [0.3, 0.4) is 0 Å². The van der Waals surface area contributed by atoms with Gasteiger partial charge >= 0.3 is 0 Å². The number of amides is 1. The van der Waals surface area contributed by atoms with E-state index in [-0.39, 0.29) is 12.0 Å². The molecule has 2 aliphatic heterocycles. The monoisotopic (exact) mass is 262 g/mol. The molecule has 1 atom stereocenters. The Labute approximate surface area is 112 Å². The second-order valence-electron chi connectivity index (χ2n) is 4.88. The van der Waals surface area contributed by atoms with Crippen LogP contribution in [0.2, 0.25) is 0 Å². The number of fused-ring (bicyclic) bond motifs is 1. The first-order chi connectivity index (χ1) is 9.33. The van der Waals surface area contributed by atoms with E-state index in [4.69, 9.17) is 9.47 Å². The summed E-state index contributed by atoms with van der Waals surface area (Å²) in [5.74, 6) is -0.0520. The second kappa shape index (κ2) is 5.69. The van der Waals surface area contributed by atoms with Crippen LogP contribution >= 0.6 is 0 Å². The van der Waals surface area contributed by atoms with Gasteiger partial charge < -0.3 is 20.1 Å². The predicted molar refractivity (Wildman–Crippen MR) is 69.9 cm³/mol. The Bertz CT molecular complexity index is 470. The van der Waals surface area contributed by atoms with Gasteiger partial charge in [-0.15, -0.1) is 0 Å². The molecular weight excluding hydrogens is 244 g/mol. The van der Waals surface area contributed by atoms with Crippen LogP contribution in [0.25, 0.3) is 0 Å². The molecule has 1 amide bonds. The van der Waals surface area contributed by atoms with Gasteiger partial charge in [-0.2, -0.15) is 0 Å². The van der Waals surface area contributed by atoms with E-state index in [1.807, 2.05) is 18.2 Å². The van der Waals surface area contributed by atoms with E-state index in [1.165, 1.54) is 5.56 Å². The number of carbonyl (C=O) groups is 1.